The van der Waals surface area contributed by atoms with Crippen molar-refractivity contribution in [3.05, 3.63) is 84.4 Å². The molecule has 0 atom stereocenters. The molecule has 1 aliphatic rings. The topological polar surface area (TPSA) is 67.4 Å². The molecule has 1 N–H and O–H groups in total. The number of morpholine rings is 1. The summed E-state index contributed by atoms with van der Waals surface area (Å²) in [5.74, 6) is 1.32. The van der Waals surface area contributed by atoms with Crippen molar-refractivity contribution in [1.29, 1.82) is 0 Å². The number of carbonyl (C=O) groups is 1. The SMILES string of the molecule is O=C(c1ccc2c(Nc3ccccc3)nc(-c3ccccc3)nc2c1)N1CCOCC1. The highest BCUT2D eigenvalue weighted by molar-refractivity contribution is 6.00. The van der Waals surface area contributed by atoms with Crippen molar-refractivity contribution in [2.75, 3.05) is 31.6 Å². The number of hydrogen-bond donors (Lipinski definition) is 1. The Balaban J connectivity index is 1.59. The van der Waals surface area contributed by atoms with E-state index in [1.165, 1.54) is 0 Å². The van der Waals surface area contributed by atoms with Crippen LogP contribution in [0.15, 0.2) is 78.9 Å². The second-order valence-electron chi connectivity index (χ2n) is 7.39. The molecule has 6 heteroatoms. The van der Waals surface area contributed by atoms with Gasteiger partial charge < -0.3 is 15.0 Å². The van der Waals surface area contributed by atoms with Crippen LogP contribution in [0.4, 0.5) is 11.5 Å². The number of nitrogens with zero attached hydrogens (tertiary/aromatic N) is 3. The number of amides is 1. The highest BCUT2D eigenvalue weighted by Gasteiger charge is 2.20. The highest BCUT2D eigenvalue weighted by atomic mass is 16.5. The van der Waals surface area contributed by atoms with E-state index in [9.17, 15) is 4.79 Å². The Morgan fingerprint density at radius 1 is 0.871 bits per heavy atom. The summed E-state index contributed by atoms with van der Waals surface area (Å²) in [7, 11) is 0. The van der Waals surface area contributed by atoms with E-state index < -0.39 is 0 Å². The molecule has 0 radical (unpaired) electrons. The van der Waals surface area contributed by atoms with E-state index in [4.69, 9.17) is 14.7 Å². The van der Waals surface area contributed by atoms with Gasteiger partial charge >= 0.3 is 0 Å². The van der Waals surface area contributed by atoms with E-state index in [2.05, 4.69) is 5.32 Å². The van der Waals surface area contributed by atoms with Gasteiger partial charge in [-0.3, -0.25) is 4.79 Å². The molecule has 1 amide bonds. The maximum absolute atomic E-state index is 13.0. The Hall–Kier alpha value is -3.77. The van der Waals surface area contributed by atoms with Gasteiger partial charge in [-0.25, -0.2) is 9.97 Å². The number of carbonyl (C=O) groups excluding carboxylic acids is 1. The molecule has 3 aromatic carbocycles. The average Bonchev–Trinajstić information content (AvgIpc) is 2.85. The third-order valence-electron chi connectivity index (χ3n) is 5.31. The van der Waals surface area contributed by atoms with Crippen LogP contribution >= 0.6 is 0 Å². The fourth-order valence-electron chi connectivity index (χ4n) is 3.68. The van der Waals surface area contributed by atoms with Gasteiger partial charge in [0.1, 0.15) is 5.82 Å². The normalized spacial score (nSPS) is 13.9. The van der Waals surface area contributed by atoms with Crippen molar-refractivity contribution < 1.29 is 9.53 Å². The van der Waals surface area contributed by atoms with E-state index in [1.54, 1.807) is 0 Å². The molecular formula is C25H22N4O2. The van der Waals surface area contributed by atoms with Gasteiger partial charge in [0.2, 0.25) is 0 Å². The minimum Gasteiger partial charge on any atom is -0.378 e. The maximum Gasteiger partial charge on any atom is 0.254 e. The van der Waals surface area contributed by atoms with Crippen LogP contribution in [-0.2, 0) is 4.74 Å². The summed E-state index contributed by atoms with van der Waals surface area (Å²) in [6.07, 6.45) is 0. The summed E-state index contributed by atoms with van der Waals surface area (Å²) in [6, 6.07) is 25.4. The van der Waals surface area contributed by atoms with E-state index in [1.807, 2.05) is 83.8 Å². The van der Waals surface area contributed by atoms with Crippen molar-refractivity contribution in [2.45, 2.75) is 0 Å². The van der Waals surface area contributed by atoms with Gasteiger partial charge in [-0.1, -0.05) is 48.5 Å². The smallest absolute Gasteiger partial charge is 0.254 e. The Kier molecular flexibility index (Phi) is 5.29. The van der Waals surface area contributed by atoms with Crippen molar-refractivity contribution in [3.63, 3.8) is 0 Å². The fraction of sp³-hybridized carbons (Fsp3) is 0.160. The molecule has 1 fully saturated rings. The lowest BCUT2D eigenvalue weighted by atomic mass is 10.1. The van der Waals surface area contributed by atoms with Crippen LogP contribution < -0.4 is 5.32 Å². The lowest BCUT2D eigenvalue weighted by Gasteiger charge is -2.27. The first kappa shape index (κ1) is 19.2. The third-order valence-corrected chi connectivity index (χ3v) is 5.31. The quantitative estimate of drug-likeness (QED) is 0.536. The van der Waals surface area contributed by atoms with Crippen LogP contribution in [-0.4, -0.2) is 47.1 Å². The van der Waals surface area contributed by atoms with Crippen molar-refractivity contribution in [2.24, 2.45) is 0 Å². The largest absolute Gasteiger partial charge is 0.378 e. The predicted molar refractivity (Wildman–Crippen MR) is 121 cm³/mol. The molecule has 1 saturated heterocycles. The standard InChI is InChI=1S/C25H22N4O2/c30-25(29-13-15-31-16-14-29)19-11-12-21-22(17-19)27-23(18-7-3-1-4-8-18)28-24(21)26-20-9-5-2-6-10-20/h1-12,17H,13-16H2,(H,26,27,28). The zero-order valence-electron chi connectivity index (χ0n) is 17.0. The van der Waals surface area contributed by atoms with Gasteiger partial charge in [0.15, 0.2) is 5.82 Å². The minimum absolute atomic E-state index is 0.00245. The number of fused-ring (bicyclic) bond motifs is 1. The number of hydrogen-bond acceptors (Lipinski definition) is 5. The van der Waals surface area contributed by atoms with Gasteiger partial charge in [0.25, 0.3) is 5.91 Å². The van der Waals surface area contributed by atoms with E-state index in [-0.39, 0.29) is 5.91 Å². The summed E-state index contributed by atoms with van der Waals surface area (Å²) in [6.45, 7) is 2.36. The highest BCUT2D eigenvalue weighted by Crippen LogP contribution is 2.28. The van der Waals surface area contributed by atoms with Crippen LogP contribution in [0.25, 0.3) is 22.3 Å². The van der Waals surface area contributed by atoms with Gasteiger partial charge in [0, 0.05) is 35.3 Å². The molecule has 1 aliphatic heterocycles. The summed E-state index contributed by atoms with van der Waals surface area (Å²) in [5.41, 5.74) is 3.21. The number of benzene rings is 3. The number of nitrogens with one attached hydrogen (secondary N) is 1. The van der Waals surface area contributed by atoms with Crippen LogP contribution in [0.5, 0.6) is 0 Å². The Labute approximate surface area is 180 Å². The second kappa shape index (κ2) is 8.53. The van der Waals surface area contributed by atoms with Crippen LogP contribution in [0.3, 0.4) is 0 Å². The van der Waals surface area contributed by atoms with Gasteiger partial charge in [0.05, 0.1) is 18.7 Å². The summed E-state index contributed by atoms with van der Waals surface area (Å²) in [4.78, 5) is 24.4. The predicted octanol–water partition coefficient (Wildman–Crippen LogP) is 4.51. The van der Waals surface area contributed by atoms with E-state index in [0.29, 0.717) is 43.5 Å². The Morgan fingerprint density at radius 2 is 1.58 bits per heavy atom. The molecule has 5 rings (SSSR count). The lowest BCUT2D eigenvalue weighted by Crippen LogP contribution is -2.40. The molecule has 31 heavy (non-hydrogen) atoms. The van der Waals surface area contributed by atoms with Crippen LogP contribution in [0, 0.1) is 0 Å². The zero-order chi connectivity index (χ0) is 21.0. The van der Waals surface area contributed by atoms with Gasteiger partial charge in [-0.15, -0.1) is 0 Å². The number of aromatic nitrogens is 2. The number of para-hydroxylation sites is 1. The molecule has 2 heterocycles. The minimum atomic E-state index is 0.00245. The summed E-state index contributed by atoms with van der Waals surface area (Å²) < 4.78 is 5.37. The van der Waals surface area contributed by atoms with Crippen LogP contribution in [0.1, 0.15) is 10.4 Å². The molecule has 0 spiro atoms. The summed E-state index contributed by atoms with van der Waals surface area (Å²) >= 11 is 0. The number of anilines is 2. The van der Waals surface area contributed by atoms with Crippen molar-refractivity contribution in [1.82, 2.24) is 14.9 Å². The van der Waals surface area contributed by atoms with Crippen molar-refractivity contribution in [3.8, 4) is 11.4 Å². The molecular weight excluding hydrogens is 388 g/mol. The molecule has 1 aromatic heterocycles. The Morgan fingerprint density at radius 3 is 2.32 bits per heavy atom. The third kappa shape index (κ3) is 4.11. The molecule has 0 bridgehead atoms. The lowest BCUT2D eigenvalue weighted by molar-refractivity contribution is 0.0303. The zero-order valence-corrected chi connectivity index (χ0v) is 17.0. The summed E-state index contributed by atoms with van der Waals surface area (Å²) in [5, 5.41) is 4.27. The first-order valence-electron chi connectivity index (χ1n) is 10.3. The molecule has 4 aromatic rings. The van der Waals surface area contributed by atoms with Crippen molar-refractivity contribution >= 4 is 28.3 Å². The first-order chi connectivity index (χ1) is 15.3. The molecule has 0 unspecified atom stereocenters. The number of rotatable bonds is 4. The van der Waals surface area contributed by atoms with Crippen LogP contribution in [0.2, 0.25) is 0 Å². The Bertz CT molecular complexity index is 1210. The maximum atomic E-state index is 13.0. The first-order valence-corrected chi connectivity index (χ1v) is 10.3. The number of ether oxygens (including phenoxy) is 1. The van der Waals surface area contributed by atoms with E-state index in [0.717, 1.165) is 22.2 Å². The monoisotopic (exact) mass is 410 g/mol. The fourth-order valence-corrected chi connectivity index (χ4v) is 3.68. The molecule has 0 saturated carbocycles. The van der Waals surface area contributed by atoms with Gasteiger partial charge in [-0.2, -0.15) is 0 Å². The van der Waals surface area contributed by atoms with E-state index >= 15 is 0 Å². The molecule has 6 nitrogen and oxygen atoms in total. The molecule has 154 valence electrons. The average molecular weight is 410 g/mol. The van der Waals surface area contributed by atoms with Gasteiger partial charge in [-0.05, 0) is 30.3 Å². The molecule has 0 aliphatic carbocycles. The second-order valence-corrected chi connectivity index (χ2v) is 7.39.